The molecule has 0 fully saturated rings. The Kier molecular flexibility index (Phi) is 132. The van der Waals surface area contributed by atoms with E-state index in [1.807, 2.05) is 0 Å². The minimum atomic E-state index is 0. The summed E-state index contributed by atoms with van der Waals surface area (Å²) < 4.78 is 0. The Morgan fingerprint density at radius 1 is 1.25 bits per heavy atom. The topological polar surface area (TPSA) is 0 Å². The second-order valence-electron chi connectivity index (χ2n) is 0. The summed E-state index contributed by atoms with van der Waals surface area (Å²) in [6.07, 6.45) is 0. The number of rotatable bonds is 0. The molecular weight excluding hydrogens is 161 g/mol. The molecule has 0 saturated carbocycles. The molecule has 0 amide bonds. The van der Waals surface area contributed by atoms with Crippen LogP contribution in [0.15, 0.2) is 0 Å². The van der Waals surface area contributed by atoms with Crippen LogP contribution in [0.25, 0.3) is 0 Å². The smallest absolute Gasteiger partial charge is 1.00 e. The molecule has 4 heavy (non-hydrogen) atoms. The molecule has 20 valence electrons. The fourth-order valence-electron chi connectivity index (χ4n) is 0. The molecule has 4 heteroatoms. The molecule has 0 N–H and O–H groups in total. The van der Waals surface area contributed by atoms with Gasteiger partial charge in [0.15, 0.2) is 17.4 Å². The average Bonchev–Trinajstić information content (AvgIpc) is 0. The maximum absolute atomic E-state index is 0. The fraction of sp³-hybridized carbons (Fsp3) is 0. The molecule has 0 aromatic heterocycles. The van der Waals surface area contributed by atoms with Crippen LogP contribution < -0.4 is 0 Å². The monoisotopic (exact) mass is 168 g/mol. The van der Waals surface area contributed by atoms with E-state index >= 15 is 0 Å². The molecule has 0 unspecified atom stereocenters. The van der Waals surface area contributed by atoms with Gasteiger partial charge >= 0.3 is 37.7 Å². The van der Waals surface area contributed by atoms with Crippen molar-refractivity contribution in [1.82, 2.24) is 0 Å². The van der Waals surface area contributed by atoms with Gasteiger partial charge in [0.05, 0.1) is 0 Å². The van der Waals surface area contributed by atoms with Crippen LogP contribution in [0.1, 0.15) is 2.85 Å². The zero-order valence-electron chi connectivity index (χ0n) is 3.41. The van der Waals surface area contributed by atoms with Crippen LogP contribution in [0.4, 0.5) is 0 Å². The van der Waals surface area contributed by atoms with Crippen LogP contribution in [0.2, 0.25) is 0 Å². The third kappa shape index (κ3) is 8.82. The summed E-state index contributed by atoms with van der Waals surface area (Å²) in [6, 6.07) is 0. The minimum Gasteiger partial charge on any atom is -1.00 e. The van der Waals surface area contributed by atoms with E-state index < -0.39 is 0 Å². The summed E-state index contributed by atoms with van der Waals surface area (Å²) in [4.78, 5) is 0. The van der Waals surface area contributed by atoms with E-state index in [2.05, 4.69) is 0 Å². The fourth-order valence-corrected chi connectivity index (χ4v) is 0. The van der Waals surface area contributed by atoms with Crippen LogP contribution in [0.5, 0.6) is 0 Å². The molecular formula is H9AlCaSiZn. The van der Waals surface area contributed by atoms with Crippen molar-refractivity contribution in [3.63, 3.8) is 0 Å². The van der Waals surface area contributed by atoms with Crippen molar-refractivity contribution in [1.29, 1.82) is 0 Å². The van der Waals surface area contributed by atoms with Gasteiger partial charge in [0.2, 0.25) is 0 Å². The standard InChI is InChI=1S/Al.Ca.H4Si.Zn.5H/h;;1H4;;;;;;/q;+2;;;;;;2*-1. The summed E-state index contributed by atoms with van der Waals surface area (Å²) in [7, 11) is 0. The second-order valence-corrected chi connectivity index (χ2v) is 0. The van der Waals surface area contributed by atoms with Gasteiger partial charge in [0.1, 0.15) is 0 Å². The van der Waals surface area contributed by atoms with Crippen molar-refractivity contribution in [3.8, 4) is 0 Å². The van der Waals surface area contributed by atoms with Crippen molar-refractivity contribution in [2.45, 2.75) is 0 Å². The first-order valence-electron chi connectivity index (χ1n) is 0. The Balaban J connectivity index is 0. The van der Waals surface area contributed by atoms with Crippen LogP contribution in [-0.2, 0) is 19.5 Å². The third-order valence-corrected chi connectivity index (χ3v) is 0. The van der Waals surface area contributed by atoms with E-state index in [4.69, 9.17) is 0 Å². The first kappa shape index (κ1) is 30.4. The third-order valence-electron chi connectivity index (χ3n) is 0. The normalized spacial score (nSPS) is 0. The average molecular weight is 170 g/mol. The van der Waals surface area contributed by atoms with Gasteiger partial charge in [-0.25, -0.2) is 0 Å². The Hall–Kier alpha value is 2.63. The summed E-state index contributed by atoms with van der Waals surface area (Å²) in [5.74, 6) is 0. The van der Waals surface area contributed by atoms with Crippen molar-refractivity contribution in [2.75, 3.05) is 0 Å². The summed E-state index contributed by atoms with van der Waals surface area (Å²) >= 11 is 0. The van der Waals surface area contributed by atoms with Crippen molar-refractivity contribution < 1.29 is 22.3 Å². The molecule has 0 rings (SSSR count). The Labute approximate surface area is 87.0 Å². The summed E-state index contributed by atoms with van der Waals surface area (Å²) in [5, 5.41) is 0. The zero-order chi connectivity index (χ0) is 0. The largest absolute Gasteiger partial charge is 2.00 e. The SMILES string of the molecule is [AlH3].[Ca+2].[H-].[H-].[SiH4].[Zn]. The van der Waals surface area contributed by atoms with Gasteiger partial charge in [0.25, 0.3) is 0 Å². The predicted octanol–water partition coefficient (Wildman–Crippen LogP) is -2.79. The Morgan fingerprint density at radius 2 is 1.25 bits per heavy atom. The molecule has 0 heterocycles. The van der Waals surface area contributed by atoms with Gasteiger partial charge in [0, 0.05) is 19.5 Å². The molecule has 0 radical (unpaired) electrons. The van der Waals surface area contributed by atoms with E-state index in [-0.39, 0.29) is 88.4 Å². The molecule has 0 spiro atoms. The van der Waals surface area contributed by atoms with Crippen LogP contribution >= 0.6 is 0 Å². The van der Waals surface area contributed by atoms with E-state index in [1.54, 1.807) is 0 Å². The predicted molar refractivity (Wildman–Crippen MR) is 29.3 cm³/mol. The van der Waals surface area contributed by atoms with Gasteiger partial charge in [-0.05, 0) is 11.0 Å². The molecule has 0 atom stereocenters. The molecule has 0 nitrogen and oxygen atoms in total. The molecule has 0 aliphatic carbocycles. The molecule has 0 aliphatic heterocycles. The first-order chi connectivity index (χ1) is 0. The van der Waals surface area contributed by atoms with Crippen molar-refractivity contribution in [3.05, 3.63) is 0 Å². The molecule has 0 saturated heterocycles. The van der Waals surface area contributed by atoms with Crippen molar-refractivity contribution in [2.24, 2.45) is 0 Å². The number of hydrogen-bond donors (Lipinski definition) is 0. The Morgan fingerprint density at radius 3 is 1.25 bits per heavy atom. The van der Waals surface area contributed by atoms with Gasteiger partial charge in [-0.2, -0.15) is 0 Å². The molecule has 0 bridgehead atoms. The van der Waals surface area contributed by atoms with Crippen LogP contribution in [0, 0.1) is 0 Å². The maximum atomic E-state index is 0. The van der Waals surface area contributed by atoms with Crippen molar-refractivity contribution >= 4 is 66.1 Å². The van der Waals surface area contributed by atoms with Gasteiger partial charge in [-0.3, -0.25) is 0 Å². The molecule has 0 aliphatic rings. The summed E-state index contributed by atoms with van der Waals surface area (Å²) in [6.45, 7) is 0. The van der Waals surface area contributed by atoms with E-state index in [0.29, 0.717) is 0 Å². The second kappa shape index (κ2) is 17.4. The van der Waals surface area contributed by atoms with Gasteiger partial charge in [-0.1, -0.05) is 0 Å². The van der Waals surface area contributed by atoms with E-state index in [9.17, 15) is 0 Å². The van der Waals surface area contributed by atoms with Crippen LogP contribution in [0.3, 0.4) is 0 Å². The van der Waals surface area contributed by atoms with Crippen LogP contribution in [-0.4, -0.2) is 66.1 Å². The quantitative estimate of drug-likeness (QED) is 0.344. The molecule has 0 aromatic rings. The minimum absolute atomic E-state index is 0. The zero-order valence-corrected chi connectivity index (χ0v) is 6.59. The summed E-state index contributed by atoms with van der Waals surface area (Å²) in [5.41, 5.74) is 0. The maximum Gasteiger partial charge on any atom is 2.00 e. The van der Waals surface area contributed by atoms with E-state index in [1.165, 1.54) is 0 Å². The Bertz CT molecular complexity index is 13.5. The van der Waals surface area contributed by atoms with Gasteiger partial charge in [-0.15, -0.1) is 0 Å². The van der Waals surface area contributed by atoms with E-state index in [0.717, 1.165) is 0 Å². The first-order valence-corrected chi connectivity index (χ1v) is 0. The number of hydrogen-bond acceptors (Lipinski definition) is 0. The van der Waals surface area contributed by atoms with Gasteiger partial charge < -0.3 is 2.85 Å². The molecule has 0 aromatic carbocycles.